The second-order valence-electron chi connectivity index (χ2n) is 7.83. The van der Waals surface area contributed by atoms with Gasteiger partial charge in [0.1, 0.15) is 12.1 Å². The molecule has 0 radical (unpaired) electrons. The summed E-state index contributed by atoms with van der Waals surface area (Å²) in [6, 6.07) is 8.62. The SMILES string of the molecule is O=C(c1cccc(-c2cc(NC3=CCC(OC(F)(F)F)C=C3)ncn2)c1)N1CCC[C@@H]1CO. The molecule has 10 heteroatoms. The van der Waals surface area contributed by atoms with Gasteiger partial charge in [-0.15, -0.1) is 13.2 Å². The van der Waals surface area contributed by atoms with Gasteiger partial charge in [-0.05, 0) is 37.5 Å². The summed E-state index contributed by atoms with van der Waals surface area (Å²) < 4.78 is 41.1. The summed E-state index contributed by atoms with van der Waals surface area (Å²) in [4.78, 5) is 23.1. The van der Waals surface area contributed by atoms with E-state index in [9.17, 15) is 23.1 Å². The number of aliphatic hydroxyl groups excluding tert-OH is 1. The van der Waals surface area contributed by atoms with Crippen LogP contribution in [0.1, 0.15) is 29.6 Å². The molecule has 4 rings (SSSR count). The van der Waals surface area contributed by atoms with Crippen molar-refractivity contribution in [1.29, 1.82) is 0 Å². The number of carbonyl (C=O) groups is 1. The van der Waals surface area contributed by atoms with E-state index in [0.717, 1.165) is 18.4 Å². The van der Waals surface area contributed by atoms with Crippen molar-refractivity contribution in [2.75, 3.05) is 18.5 Å². The second-order valence-corrected chi connectivity index (χ2v) is 7.83. The molecule has 33 heavy (non-hydrogen) atoms. The smallest absolute Gasteiger partial charge is 0.394 e. The first-order valence-corrected chi connectivity index (χ1v) is 10.6. The van der Waals surface area contributed by atoms with Crippen molar-refractivity contribution in [2.45, 2.75) is 37.8 Å². The fraction of sp³-hybridized carbons (Fsp3) is 0.348. The van der Waals surface area contributed by atoms with Gasteiger partial charge in [-0.2, -0.15) is 0 Å². The molecular formula is C23H23F3N4O3. The van der Waals surface area contributed by atoms with Crippen LogP contribution in [-0.4, -0.2) is 57.5 Å². The molecule has 1 aromatic carbocycles. The number of halogens is 3. The van der Waals surface area contributed by atoms with Crippen molar-refractivity contribution >= 4 is 11.7 Å². The van der Waals surface area contributed by atoms with Crippen LogP contribution in [0.2, 0.25) is 0 Å². The fourth-order valence-corrected chi connectivity index (χ4v) is 3.95. The molecule has 0 bridgehead atoms. The highest BCUT2D eigenvalue weighted by Gasteiger charge is 2.33. The van der Waals surface area contributed by atoms with E-state index in [1.165, 1.54) is 18.5 Å². The van der Waals surface area contributed by atoms with E-state index in [-0.39, 0.29) is 25.0 Å². The van der Waals surface area contributed by atoms with Gasteiger partial charge in [-0.1, -0.05) is 24.3 Å². The number of allylic oxidation sites excluding steroid dienone is 1. The average Bonchev–Trinajstić information content (AvgIpc) is 3.28. The van der Waals surface area contributed by atoms with E-state index < -0.39 is 12.5 Å². The molecule has 7 nitrogen and oxygen atoms in total. The maximum atomic E-state index is 12.9. The lowest BCUT2D eigenvalue weighted by Crippen LogP contribution is -2.37. The largest absolute Gasteiger partial charge is 0.523 e. The number of anilines is 1. The number of amides is 1. The number of likely N-dealkylation sites (tertiary alicyclic amines) is 1. The van der Waals surface area contributed by atoms with Crippen LogP contribution >= 0.6 is 0 Å². The summed E-state index contributed by atoms with van der Waals surface area (Å²) in [5, 5.41) is 12.6. The fourth-order valence-electron chi connectivity index (χ4n) is 3.95. The molecule has 1 aliphatic carbocycles. The van der Waals surface area contributed by atoms with Gasteiger partial charge >= 0.3 is 6.36 Å². The molecule has 2 aliphatic rings. The molecule has 1 fully saturated rings. The Morgan fingerprint density at radius 3 is 2.85 bits per heavy atom. The van der Waals surface area contributed by atoms with Gasteiger partial charge in [0.25, 0.3) is 5.91 Å². The number of aliphatic hydroxyl groups is 1. The quantitative estimate of drug-likeness (QED) is 0.680. The highest BCUT2D eigenvalue weighted by Crippen LogP contribution is 2.26. The van der Waals surface area contributed by atoms with Gasteiger partial charge in [-0.25, -0.2) is 9.97 Å². The lowest BCUT2D eigenvalue weighted by Gasteiger charge is -2.23. The van der Waals surface area contributed by atoms with Crippen molar-refractivity contribution in [3.63, 3.8) is 0 Å². The zero-order valence-corrected chi connectivity index (χ0v) is 17.6. The Labute approximate surface area is 188 Å². The van der Waals surface area contributed by atoms with Crippen LogP contribution in [0, 0.1) is 0 Å². The number of carbonyl (C=O) groups excluding carboxylic acids is 1. The van der Waals surface area contributed by atoms with Crippen molar-refractivity contribution in [3.05, 3.63) is 66.1 Å². The van der Waals surface area contributed by atoms with Gasteiger partial charge in [0, 0.05) is 29.4 Å². The summed E-state index contributed by atoms with van der Waals surface area (Å²) in [5.41, 5.74) is 2.41. The van der Waals surface area contributed by atoms with E-state index in [1.807, 2.05) is 6.07 Å². The minimum absolute atomic E-state index is 0.0558. The summed E-state index contributed by atoms with van der Waals surface area (Å²) in [6.45, 7) is 0.563. The van der Waals surface area contributed by atoms with Gasteiger partial charge in [0.15, 0.2) is 0 Å². The molecule has 1 aromatic heterocycles. The topological polar surface area (TPSA) is 87.6 Å². The highest BCUT2D eigenvalue weighted by atomic mass is 19.4. The van der Waals surface area contributed by atoms with E-state index in [4.69, 9.17) is 0 Å². The van der Waals surface area contributed by atoms with Gasteiger partial charge < -0.3 is 15.3 Å². The molecule has 2 heterocycles. The number of ether oxygens (including phenoxy) is 1. The number of aromatic nitrogens is 2. The Bertz CT molecular complexity index is 1070. The Morgan fingerprint density at radius 2 is 2.12 bits per heavy atom. The van der Waals surface area contributed by atoms with Crippen molar-refractivity contribution in [3.8, 4) is 11.3 Å². The molecular weight excluding hydrogens is 437 g/mol. The standard InChI is InChI=1S/C23H23F3N4O3/c24-23(25,26)33-19-8-6-17(7-9-19)29-21-12-20(27-14-28-21)15-3-1-4-16(11-15)22(32)30-10-2-5-18(30)13-31/h1,3-4,6-8,11-12,14,18-19,31H,2,5,9-10,13H2,(H,27,28,29)/t18-,19?/m1/s1. The first-order valence-electron chi connectivity index (χ1n) is 10.6. The van der Waals surface area contributed by atoms with E-state index in [2.05, 4.69) is 20.0 Å². The number of alkyl halides is 3. The predicted octanol–water partition coefficient (Wildman–Crippen LogP) is 3.90. The van der Waals surface area contributed by atoms with E-state index >= 15 is 0 Å². The number of rotatable bonds is 6. The van der Waals surface area contributed by atoms with Crippen molar-refractivity contribution in [1.82, 2.24) is 14.9 Å². The Balaban J connectivity index is 1.46. The number of nitrogens with zero attached hydrogens (tertiary/aromatic N) is 3. The van der Waals surface area contributed by atoms with Crippen LogP contribution in [0.25, 0.3) is 11.3 Å². The van der Waals surface area contributed by atoms with Crippen LogP contribution in [0.3, 0.4) is 0 Å². The summed E-state index contributed by atoms with van der Waals surface area (Å²) >= 11 is 0. The first-order chi connectivity index (χ1) is 15.8. The zero-order chi connectivity index (χ0) is 23.4. The minimum Gasteiger partial charge on any atom is -0.394 e. The van der Waals surface area contributed by atoms with E-state index in [1.54, 1.807) is 35.2 Å². The average molecular weight is 460 g/mol. The minimum atomic E-state index is -4.68. The van der Waals surface area contributed by atoms with Crippen LogP contribution in [0.15, 0.2) is 60.6 Å². The summed E-state index contributed by atoms with van der Waals surface area (Å²) in [5.74, 6) is 0.330. The molecule has 1 aliphatic heterocycles. The van der Waals surface area contributed by atoms with Crippen molar-refractivity contribution < 1.29 is 27.8 Å². The maximum Gasteiger partial charge on any atom is 0.523 e. The monoisotopic (exact) mass is 460 g/mol. The number of nitrogens with one attached hydrogen (secondary N) is 1. The normalized spacial score (nSPS) is 20.6. The molecule has 2 N–H and O–H groups in total. The Hall–Kier alpha value is -3.24. The third kappa shape index (κ3) is 5.77. The van der Waals surface area contributed by atoms with Gasteiger partial charge in [0.2, 0.25) is 0 Å². The molecule has 1 saturated heterocycles. The maximum absolute atomic E-state index is 12.9. The first kappa shape index (κ1) is 22.9. The zero-order valence-electron chi connectivity index (χ0n) is 17.6. The molecule has 2 aromatic rings. The highest BCUT2D eigenvalue weighted by molar-refractivity contribution is 5.95. The number of hydrogen-bond donors (Lipinski definition) is 2. The summed E-state index contributed by atoms with van der Waals surface area (Å²) in [7, 11) is 0. The Kier molecular flexibility index (Phi) is 6.75. The molecule has 0 saturated carbocycles. The molecule has 1 unspecified atom stereocenters. The summed E-state index contributed by atoms with van der Waals surface area (Å²) in [6.07, 6.45) is 1.81. The van der Waals surface area contributed by atoms with Crippen LogP contribution in [0.5, 0.6) is 0 Å². The molecule has 174 valence electrons. The molecule has 1 amide bonds. The lowest BCUT2D eigenvalue weighted by molar-refractivity contribution is -0.336. The van der Waals surface area contributed by atoms with E-state index in [0.29, 0.717) is 29.3 Å². The van der Waals surface area contributed by atoms with Crippen molar-refractivity contribution in [2.24, 2.45) is 0 Å². The van der Waals surface area contributed by atoms with Crippen LogP contribution < -0.4 is 5.32 Å². The molecule has 0 spiro atoms. The number of benzene rings is 1. The third-order valence-corrected chi connectivity index (χ3v) is 5.54. The van der Waals surface area contributed by atoms with Gasteiger partial charge in [-0.3, -0.25) is 9.53 Å². The van der Waals surface area contributed by atoms with Crippen LogP contribution in [0.4, 0.5) is 19.0 Å². The number of hydrogen-bond acceptors (Lipinski definition) is 6. The lowest BCUT2D eigenvalue weighted by atomic mass is 10.1. The predicted molar refractivity (Wildman–Crippen MR) is 115 cm³/mol. The van der Waals surface area contributed by atoms with Crippen LogP contribution in [-0.2, 0) is 4.74 Å². The molecule has 2 atom stereocenters. The Morgan fingerprint density at radius 1 is 1.27 bits per heavy atom. The van der Waals surface area contributed by atoms with Gasteiger partial charge in [0.05, 0.1) is 24.4 Å². The second kappa shape index (κ2) is 9.72. The third-order valence-electron chi connectivity index (χ3n) is 5.54.